The first kappa shape index (κ1) is 11.4. The van der Waals surface area contributed by atoms with Crippen LogP contribution in [0.4, 0.5) is 0 Å². The number of rotatable bonds is 1. The Morgan fingerprint density at radius 1 is 1.41 bits per heavy atom. The molecule has 1 aliphatic rings. The highest BCUT2D eigenvalue weighted by Gasteiger charge is 2.21. The van der Waals surface area contributed by atoms with E-state index in [4.69, 9.17) is 5.21 Å². The summed E-state index contributed by atoms with van der Waals surface area (Å²) in [5.74, 6) is -0.159. The van der Waals surface area contributed by atoms with Gasteiger partial charge in [-0.05, 0) is 6.07 Å². The lowest BCUT2D eigenvalue weighted by molar-refractivity contribution is 0.0753. The van der Waals surface area contributed by atoms with Gasteiger partial charge in [-0.1, -0.05) is 5.16 Å². The Kier molecular flexibility index (Phi) is 3.22. The number of likely N-dealkylation sites (tertiary alicyclic amines) is 1. The molecule has 0 radical (unpaired) electrons. The van der Waals surface area contributed by atoms with Crippen LogP contribution in [0.15, 0.2) is 28.3 Å². The number of amides is 1. The van der Waals surface area contributed by atoms with Gasteiger partial charge in [0.15, 0.2) is 0 Å². The van der Waals surface area contributed by atoms with Crippen LogP contribution in [0.3, 0.4) is 0 Å². The fraction of sp³-hybridized carbons (Fsp3) is 0.364. The van der Waals surface area contributed by atoms with Gasteiger partial charge in [-0.25, -0.2) is 0 Å². The molecule has 6 heteroatoms. The number of aromatic nitrogens is 1. The molecule has 0 atom stereocenters. The lowest BCUT2D eigenvalue weighted by Crippen LogP contribution is -2.39. The predicted molar refractivity (Wildman–Crippen MR) is 61.4 cm³/mol. The van der Waals surface area contributed by atoms with Gasteiger partial charge < -0.3 is 15.1 Å². The van der Waals surface area contributed by atoms with Crippen LogP contribution in [0, 0.1) is 0 Å². The Balaban J connectivity index is 2.09. The molecular formula is C11H13N3O3. The summed E-state index contributed by atoms with van der Waals surface area (Å²) in [6.07, 6.45) is 2.61. The summed E-state index contributed by atoms with van der Waals surface area (Å²) in [5, 5.41) is 11.8. The highest BCUT2D eigenvalue weighted by molar-refractivity contribution is 5.95. The molecule has 0 spiro atoms. The minimum absolute atomic E-state index is 0.159. The molecule has 1 aromatic heterocycles. The molecule has 1 fully saturated rings. The van der Waals surface area contributed by atoms with Gasteiger partial charge in [0.1, 0.15) is 0 Å². The largest absolute Gasteiger partial charge is 0.411 e. The molecule has 0 saturated carbocycles. The molecule has 0 aliphatic carbocycles. The van der Waals surface area contributed by atoms with Crippen molar-refractivity contribution in [1.82, 2.24) is 9.88 Å². The molecular weight excluding hydrogens is 222 g/mol. The summed E-state index contributed by atoms with van der Waals surface area (Å²) in [4.78, 5) is 27.2. The van der Waals surface area contributed by atoms with E-state index in [1.807, 2.05) is 0 Å². The smallest absolute Gasteiger partial charge is 0.254 e. The minimum Gasteiger partial charge on any atom is -0.411 e. The SMILES string of the molecule is O=C(c1cc[nH]c(=O)c1)N1CCC(=NO)CC1. The third kappa shape index (κ3) is 2.52. The number of oxime groups is 1. The summed E-state index contributed by atoms with van der Waals surface area (Å²) in [6, 6.07) is 2.87. The average Bonchev–Trinajstić information content (AvgIpc) is 2.38. The number of carbonyl (C=O) groups is 1. The first-order valence-electron chi connectivity index (χ1n) is 5.38. The molecule has 0 bridgehead atoms. The Bertz CT molecular complexity index is 497. The van der Waals surface area contributed by atoms with Crippen LogP contribution in [0.25, 0.3) is 0 Å². The van der Waals surface area contributed by atoms with E-state index in [1.54, 1.807) is 11.0 Å². The van der Waals surface area contributed by atoms with E-state index in [9.17, 15) is 9.59 Å². The Morgan fingerprint density at radius 2 is 2.12 bits per heavy atom. The summed E-state index contributed by atoms with van der Waals surface area (Å²) in [6.45, 7) is 1.04. The fourth-order valence-electron chi connectivity index (χ4n) is 1.83. The molecule has 6 nitrogen and oxygen atoms in total. The second-order valence-electron chi connectivity index (χ2n) is 3.90. The van der Waals surface area contributed by atoms with E-state index in [2.05, 4.69) is 10.1 Å². The maximum atomic E-state index is 12.0. The highest BCUT2D eigenvalue weighted by Crippen LogP contribution is 2.10. The number of piperidine rings is 1. The van der Waals surface area contributed by atoms with Crippen molar-refractivity contribution in [1.29, 1.82) is 0 Å². The lowest BCUT2D eigenvalue weighted by atomic mass is 10.1. The Hall–Kier alpha value is -2.11. The number of carbonyl (C=O) groups excluding carboxylic acids is 1. The van der Waals surface area contributed by atoms with E-state index >= 15 is 0 Å². The van der Waals surface area contributed by atoms with E-state index < -0.39 is 0 Å². The average molecular weight is 235 g/mol. The van der Waals surface area contributed by atoms with Gasteiger partial charge in [0, 0.05) is 43.8 Å². The van der Waals surface area contributed by atoms with E-state index in [1.165, 1.54) is 12.3 Å². The number of H-pyrrole nitrogens is 1. The number of aromatic amines is 1. The first-order valence-corrected chi connectivity index (χ1v) is 5.38. The third-order valence-corrected chi connectivity index (χ3v) is 2.79. The number of nitrogens with zero attached hydrogens (tertiary/aromatic N) is 2. The van der Waals surface area contributed by atoms with Crippen LogP contribution in [0.2, 0.25) is 0 Å². The van der Waals surface area contributed by atoms with Gasteiger partial charge in [-0.2, -0.15) is 0 Å². The standard InChI is InChI=1S/C11H13N3O3/c15-10-7-8(1-4-12-10)11(16)14-5-2-9(13-17)3-6-14/h1,4,7,17H,2-3,5-6H2,(H,12,15). The molecule has 1 aromatic rings. The summed E-state index contributed by atoms with van der Waals surface area (Å²) in [7, 11) is 0. The molecule has 90 valence electrons. The molecule has 1 aliphatic heterocycles. The van der Waals surface area contributed by atoms with E-state index in [0.717, 1.165) is 0 Å². The second kappa shape index (κ2) is 4.82. The molecule has 0 unspecified atom stereocenters. The zero-order chi connectivity index (χ0) is 12.3. The van der Waals surface area contributed by atoms with Crippen LogP contribution in [-0.4, -0.2) is 39.8 Å². The van der Waals surface area contributed by atoms with Crippen LogP contribution >= 0.6 is 0 Å². The molecule has 1 amide bonds. The van der Waals surface area contributed by atoms with Crippen molar-refractivity contribution < 1.29 is 10.0 Å². The third-order valence-electron chi connectivity index (χ3n) is 2.79. The molecule has 1 saturated heterocycles. The molecule has 17 heavy (non-hydrogen) atoms. The molecule has 2 rings (SSSR count). The highest BCUT2D eigenvalue weighted by atomic mass is 16.4. The first-order chi connectivity index (χ1) is 8.20. The van der Waals surface area contributed by atoms with Crippen LogP contribution in [-0.2, 0) is 0 Å². The summed E-state index contributed by atoms with van der Waals surface area (Å²) >= 11 is 0. The van der Waals surface area contributed by atoms with Gasteiger partial charge in [0.2, 0.25) is 5.56 Å². The molecule has 0 aromatic carbocycles. The van der Waals surface area contributed by atoms with Gasteiger partial charge in [-0.3, -0.25) is 9.59 Å². The van der Waals surface area contributed by atoms with Gasteiger partial charge in [0.25, 0.3) is 5.91 Å². The minimum atomic E-state index is -0.287. The van der Waals surface area contributed by atoms with Gasteiger partial charge in [0.05, 0.1) is 5.71 Å². The Labute approximate surface area is 97.6 Å². The Morgan fingerprint density at radius 3 is 2.71 bits per heavy atom. The number of nitrogens with one attached hydrogen (secondary N) is 1. The molecule has 2 N–H and O–H groups in total. The van der Waals surface area contributed by atoms with Crippen molar-refractivity contribution >= 4 is 11.6 Å². The van der Waals surface area contributed by atoms with Crippen molar-refractivity contribution in [2.45, 2.75) is 12.8 Å². The van der Waals surface area contributed by atoms with E-state index in [0.29, 0.717) is 37.2 Å². The zero-order valence-electron chi connectivity index (χ0n) is 9.22. The van der Waals surface area contributed by atoms with Gasteiger partial charge >= 0.3 is 0 Å². The number of hydrogen-bond acceptors (Lipinski definition) is 4. The van der Waals surface area contributed by atoms with Crippen molar-refractivity contribution in [2.24, 2.45) is 5.16 Å². The predicted octanol–water partition coefficient (Wildman–Crippen LogP) is 0.441. The fourth-order valence-corrected chi connectivity index (χ4v) is 1.83. The van der Waals surface area contributed by atoms with Gasteiger partial charge in [-0.15, -0.1) is 0 Å². The topological polar surface area (TPSA) is 85.8 Å². The normalized spacial score (nSPS) is 15.8. The monoisotopic (exact) mass is 235 g/mol. The summed E-state index contributed by atoms with van der Waals surface area (Å²) in [5.41, 5.74) is 0.809. The summed E-state index contributed by atoms with van der Waals surface area (Å²) < 4.78 is 0. The van der Waals surface area contributed by atoms with Crippen LogP contribution in [0.1, 0.15) is 23.2 Å². The van der Waals surface area contributed by atoms with Crippen molar-refractivity contribution in [3.8, 4) is 0 Å². The van der Waals surface area contributed by atoms with Crippen LogP contribution in [0.5, 0.6) is 0 Å². The molecule has 2 heterocycles. The van der Waals surface area contributed by atoms with Crippen molar-refractivity contribution in [3.05, 3.63) is 34.2 Å². The number of hydrogen-bond donors (Lipinski definition) is 2. The number of pyridine rings is 1. The zero-order valence-corrected chi connectivity index (χ0v) is 9.22. The van der Waals surface area contributed by atoms with Crippen molar-refractivity contribution in [3.63, 3.8) is 0 Å². The quantitative estimate of drug-likeness (QED) is 0.547. The maximum absolute atomic E-state index is 12.0. The maximum Gasteiger partial charge on any atom is 0.254 e. The lowest BCUT2D eigenvalue weighted by Gasteiger charge is -2.27. The van der Waals surface area contributed by atoms with Crippen LogP contribution < -0.4 is 5.56 Å². The van der Waals surface area contributed by atoms with E-state index in [-0.39, 0.29) is 11.5 Å². The second-order valence-corrected chi connectivity index (χ2v) is 3.90. The van der Waals surface area contributed by atoms with Crippen molar-refractivity contribution in [2.75, 3.05) is 13.1 Å².